The molecule has 0 aromatic carbocycles. The van der Waals surface area contributed by atoms with Gasteiger partial charge in [0.05, 0.1) is 19.8 Å². The van der Waals surface area contributed by atoms with Crippen LogP contribution >= 0.6 is 7.82 Å². The zero-order valence-corrected chi connectivity index (χ0v) is 37.4. The zero-order valence-electron chi connectivity index (χ0n) is 36.6. The number of nitrogens with two attached hydrogens (primary N) is 1. The molecule has 0 rings (SSSR count). The summed E-state index contributed by atoms with van der Waals surface area (Å²) in [6.07, 6.45) is 56.4. The molecule has 57 heavy (non-hydrogen) atoms. The van der Waals surface area contributed by atoms with Gasteiger partial charge in [0.1, 0.15) is 6.10 Å². The lowest BCUT2D eigenvalue weighted by Crippen LogP contribution is -2.28. The van der Waals surface area contributed by atoms with Gasteiger partial charge in [-0.25, -0.2) is 4.57 Å². The Labute approximate surface area is 350 Å². The highest BCUT2D eigenvalue weighted by Crippen LogP contribution is 2.43. The van der Waals surface area contributed by atoms with Crippen molar-refractivity contribution in [3.63, 3.8) is 0 Å². The predicted molar refractivity (Wildman–Crippen MR) is 242 cm³/mol. The molecule has 9 heteroatoms. The molecule has 0 saturated carbocycles. The van der Waals surface area contributed by atoms with Crippen LogP contribution in [0.25, 0.3) is 0 Å². The highest BCUT2D eigenvalue weighted by atomic mass is 31.2. The summed E-state index contributed by atoms with van der Waals surface area (Å²) >= 11 is 0. The second-order valence-electron chi connectivity index (χ2n) is 14.9. The molecule has 0 radical (unpaired) electrons. The molecule has 8 nitrogen and oxygen atoms in total. The van der Waals surface area contributed by atoms with E-state index in [-0.39, 0.29) is 32.3 Å². The molecule has 2 unspecified atom stereocenters. The predicted octanol–water partition coefficient (Wildman–Crippen LogP) is 13.9. The molecule has 0 spiro atoms. The number of allylic oxidation sites excluding steroid dienone is 12. The minimum atomic E-state index is -4.28. The number of carbonyl (C=O) groups is 1. The van der Waals surface area contributed by atoms with E-state index in [1.165, 1.54) is 89.9 Å². The number of esters is 1. The summed E-state index contributed by atoms with van der Waals surface area (Å²) in [5.74, 6) is -0.344. The maximum Gasteiger partial charge on any atom is 0.472 e. The van der Waals surface area contributed by atoms with Crippen LogP contribution in [0.4, 0.5) is 0 Å². The second kappa shape index (κ2) is 45.0. The first-order valence-electron chi connectivity index (χ1n) is 22.9. The lowest BCUT2D eigenvalue weighted by molar-refractivity contribution is -0.154. The SMILES string of the molecule is CC/C=C\C/C=C\C/C=C\C/C=C\C/C=C\CCCCCCCCCCCCOCC(COP(=O)(O)OCCN)OC(=O)CCCCCCC/C=C\CCCCC. The van der Waals surface area contributed by atoms with Crippen molar-refractivity contribution < 1.29 is 32.8 Å². The first kappa shape index (κ1) is 54.9. The topological polar surface area (TPSA) is 117 Å². The van der Waals surface area contributed by atoms with Gasteiger partial charge in [-0.05, 0) is 83.5 Å². The van der Waals surface area contributed by atoms with Gasteiger partial charge in [-0.1, -0.05) is 170 Å². The van der Waals surface area contributed by atoms with E-state index >= 15 is 0 Å². The molecule has 0 amide bonds. The first-order valence-corrected chi connectivity index (χ1v) is 24.4. The molecule has 0 fully saturated rings. The van der Waals surface area contributed by atoms with Crippen molar-refractivity contribution in [2.75, 3.05) is 33.0 Å². The molecule has 0 saturated heterocycles. The highest BCUT2D eigenvalue weighted by molar-refractivity contribution is 7.47. The number of unbranched alkanes of at least 4 members (excludes halogenated alkanes) is 18. The van der Waals surface area contributed by atoms with Crippen LogP contribution in [0.5, 0.6) is 0 Å². The number of ether oxygens (including phenoxy) is 2. The summed E-state index contributed by atoms with van der Waals surface area (Å²) in [5, 5.41) is 0. The molecule has 0 aliphatic rings. The van der Waals surface area contributed by atoms with Gasteiger partial charge < -0.3 is 20.1 Å². The van der Waals surface area contributed by atoms with Crippen LogP contribution in [0.2, 0.25) is 0 Å². The fourth-order valence-electron chi connectivity index (χ4n) is 6.02. The lowest BCUT2D eigenvalue weighted by atomic mass is 10.1. The van der Waals surface area contributed by atoms with E-state index in [0.29, 0.717) is 13.0 Å². The molecule has 2 atom stereocenters. The second-order valence-corrected chi connectivity index (χ2v) is 16.3. The van der Waals surface area contributed by atoms with Crippen molar-refractivity contribution >= 4 is 13.8 Å². The summed E-state index contributed by atoms with van der Waals surface area (Å²) in [6.45, 7) is 4.75. The number of hydrogen-bond acceptors (Lipinski definition) is 7. The van der Waals surface area contributed by atoms with E-state index in [0.717, 1.165) is 77.0 Å². The van der Waals surface area contributed by atoms with Crippen LogP contribution in [-0.4, -0.2) is 49.9 Å². The summed E-state index contributed by atoms with van der Waals surface area (Å²) in [4.78, 5) is 22.5. The molecule has 0 heterocycles. The van der Waals surface area contributed by atoms with E-state index in [4.69, 9.17) is 24.3 Å². The number of carbonyl (C=O) groups excluding carboxylic acids is 1. The Morgan fingerprint density at radius 2 is 0.982 bits per heavy atom. The Hall–Kier alpha value is -2.06. The third kappa shape index (κ3) is 44.9. The smallest absolute Gasteiger partial charge is 0.457 e. The average molecular weight is 820 g/mol. The molecular weight excluding hydrogens is 734 g/mol. The minimum Gasteiger partial charge on any atom is -0.457 e. The van der Waals surface area contributed by atoms with Crippen LogP contribution in [0, 0.1) is 0 Å². The van der Waals surface area contributed by atoms with Crippen molar-refractivity contribution in [2.24, 2.45) is 5.73 Å². The standard InChI is InChI=1S/C48H86NO7P/c1-3-5-7-9-11-13-15-17-18-19-20-21-22-23-24-25-26-27-28-29-30-32-34-36-38-40-43-53-45-47(46-55-57(51,52)54-44-42-49)56-48(50)41-39-37-35-33-31-16-14-12-10-8-6-4-2/h5,7,11-14,17-18,20-21,23-24,47H,3-4,6,8-10,15-16,19,22,25-46,49H2,1-2H3,(H,51,52)/b7-5-,13-11-,14-12-,18-17-,21-20-,24-23-. The van der Waals surface area contributed by atoms with Crippen molar-refractivity contribution in [3.05, 3.63) is 72.9 Å². The lowest BCUT2D eigenvalue weighted by Gasteiger charge is -2.20. The summed E-state index contributed by atoms with van der Waals surface area (Å²) in [6, 6.07) is 0. The monoisotopic (exact) mass is 820 g/mol. The van der Waals surface area contributed by atoms with Crippen molar-refractivity contribution in [3.8, 4) is 0 Å². The molecule has 0 aromatic rings. The van der Waals surface area contributed by atoms with E-state index in [1.807, 2.05) is 0 Å². The summed E-state index contributed by atoms with van der Waals surface area (Å²) in [5.41, 5.74) is 5.37. The quantitative estimate of drug-likeness (QED) is 0.0270. The number of hydrogen-bond donors (Lipinski definition) is 2. The average Bonchev–Trinajstić information content (AvgIpc) is 3.20. The maximum absolute atomic E-state index is 12.6. The zero-order chi connectivity index (χ0) is 41.6. The van der Waals surface area contributed by atoms with Gasteiger partial charge in [0.25, 0.3) is 0 Å². The van der Waals surface area contributed by atoms with Crippen LogP contribution < -0.4 is 5.73 Å². The van der Waals surface area contributed by atoms with E-state index < -0.39 is 13.9 Å². The van der Waals surface area contributed by atoms with Gasteiger partial charge in [-0.15, -0.1) is 0 Å². The van der Waals surface area contributed by atoms with Crippen molar-refractivity contribution in [1.29, 1.82) is 0 Å². The fourth-order valence-corrected chi connectivity index (χ4v) is 6.78. The van der Waals surface area contributed by atoms with E-state index in [2.05, 4.69) is 86.8 Å². The van der Waals surface area contributed by atoms with Crippen LogP contribution in [0.1, 0.15) is 187 Å². The van der Waals surface area contributed by atoms with Crippen molar-refractivity contribution in [2.45, 2.75) is 193 Å². The summed E-state index contributed by atoms with van der Waals surface area (Å²) in [7, 11) is -4.28. The Kier molecular flexibility index (Phi) is 43.4. The van der Waals surface area contributed by atoms with Crippen LogP contribution in [0.15, 0.2) is 72.9 Å². The number of rotatable bonds is 43. The third-order valence-electron chi connectivity index (χ3n) is 9.36. The van der Waals surface area contributed by atoms with Crippen molar-refractivity contribution in [1.82, 2.24) is 0 Å². The van der Waals surface area contributed by atoms with Gasteiger partial charge in [0, 0.05) is 19.6 Å². The van der Waals surface area contributed by atoms with Gasteiger partial charge in [-0.3, -0.25) is 13.8 Å². The number of phosphoric ester groups is 1. The molecule has 0 bridgehead atoms. The molecular formula is C48H86NO7P. The first-order chi connectivity index (χ1) is 27.9. The largest absolute Gasteiger partial charge is 0.472 e. The number of phosphoric acid groups is 1. The molecule has 0 aromatic heterocycles. The van der Waals surface area contributed by atoms with Crippen LogP contribution in [-0.2, 0) is 27.9 Å². The Morgan fingerprint density at radius 3 is 1.49 bits per heavy atom. The molecule has 0 aliphatic carbocycles. The van der Waals surface area contributed by atoms with Gasteiger partial charge in [0.2, 0.25) is 0 Å². The molecule has 3 N–H and O–H groups in total. The minimum absolute atomic E-state index is 0.0954. The maximum atomic E-state index is 12.6. The Morgan fingerprint density at radius 1 is 0.544 bits per heavy atom. The third-order valence-corrected chi connectivity index (χ3v) is 10.3. The fraction of sp³-hybridized carbons (Fsp3) is 0.729. The molecule has 330 valence electrons. The van der Waals surface area contributed by atoms with Gasteiger partial charge in [0.15, 0.2) is 0 Å². The van der Waals surface area contributed by atoms with Crippen LogP contribution in [0.3, 0.4) is 0 Å². The van der Waals surface area contributed by atoms with E-state index in [1.54, 1.807) is 0 Å². The highest BCUT2D eigenvalue weighted by Gasteiger charge is 2.25. The molecule has 0 aliphatic heterocycles. The van der Waals surface area contributed by atoms with Gasteiger partial charge >= 0.3 is 13.8 Å². The Bertz CT molecular complexity index is 1100. The van der Waals surface area contributed by atoms with Gasteiger partial charge in [-0.2, -0.15) is 0 Å². The van der Waals surface area contributed by atoms with E-state index in [9.17, 15) is 14.3 Å². The normalized spacial score (nSPS) is 14.1. The Balaban J connectivity index is 3.95. The summed E-state index contributed by atoms with van der Waals surface area (Å²) < 4.78 is 33.4.